The standard InChI is InChI=1S/C15H15ClN2O4/c1-3-21-15(20)13(10-4-6-11(16)7-5-10)17-14(19)12-8-9(2)18-22-12/h4-8,13H,3H2,1-2H3,(H,17,19)/t13-/m1/s1. The van der Waals surface area contributed by atoms with Gasteiger partial charge in [0.2, 0.25) is 5.76 Å². The average molecular weight is 323 g/mol. The largest absolute Gasteiger partial charge is 0.464 e. The van der Waals surface area contributed by atoms with Gasteiger partial charge in [-0.1, -0.05) is 28.9 Å². The molecule has 0 aliphatic carbocycles. The van der Waals surface area contributed by atoms with E-state index >= 15 is 0 Å². The maximum Gasteiger partial charge on any atom is 0.333 e. The number of amides is 1. The van der Waals surface area contributed by atoms with E-state index in [0.717, 1.165) is 0 Å². The van der Waals surface area contributed by atoms with Gasteiger partial charge in [-0.3, -0.25) is 4.79 Å². The molecule has 0 radical (unpaired) electrons. The third-order valence-electron chi connectivity index (χ3n) is 2.85. The summed E-state index contributed by atoms with van der Waals surface area (Å²) < 4.78 is 9.88. The second-order valence-electron chi connectivity index (χ2n) is 4.54. The quantitative estimate of drug-likeness (QED) is 0.856. The van der Waals surface area contributed by atoms with Crippen molar-refractivity contribution < 1.29 is 18.8 Å². The Bertz CT molecular complexity index is 666. The first-order valence-corrected chi connectivity index (χ1v) is 7.05. The number of hydrogen-bond donors (Lipinski definition) is 1. The molecule has 6 nitrogen and oxygen atoms in total. The molecule has 1 N–H and O–H groups in total. The molecular weight excluding hydrogens is 308 g/mol. The predicted octanol–water partition coefficient (Wildman–Crippen LogP) is 2.67. The number of benzene rings is 1. The van der Waals surface area contributed by atoms with E-state index in [0.29, 0.717) is 16.3 Å². The second-order valence-corrected chi connectivity index (χ2v) is 4.98. The zero-order valence-corrected chi connectivity index (χ0v) is 12.9. The summed E-state index contributed by atoms with van der Waals surface area (Å²) in [6, 6.07) is 7.10. The number of nitrogens with zero attached hydrogens (tertiary/aromatic N) is 1. The highest BCUT2D eigenvalue weighted by Gasteiger charge is 2.26. The van der Waals surface area contributed by atoms with E-state index in [2.05, 4.69) is 10.5 Å². The summed E-state index contributed by atoms with van der Waals surface area (Å²) >= 11 is 5.83. The topological polar surface area (TPSA) is 81.4 Å². The van der Waals surface area contributed by atoms with E-state index in [9.17, 15) is 9.59 Å². The second kappa shape index (κ2) is 7.09. The number of esters is 1. The summed E-state index contributed by atoms with van der Waals surface area (Å²) in [6.45, 7) is 3.60. The highest BCUT2D eigenvalue weighted by Crippen LogP contribution is 2.19. The molecule has 7 heteroatoms. The smallest absolute Gasteiger partial charge is 0.333 e. The molecule has 0 unspecified atom stereocenters. The molecular formula is C15H15ClN2O4. The number of carbonyl (C=O) groups is 2. The lowest BCUT2D eigenvalue weighted by Gasteiger charge is -2.17. The number of rotatable bonds is 5. The van der Waals surface area contributed by atoms with Crippen LogP contribution < -0.4 is 5.32 Å². The van der Waals surface area contributed by atoms with Crippen LogP contribution in [0.1, 0.15) is 34.8 Å². The minimum absolute atomic E-state index is 0.0285. The molecule has 0 bridgehead atoms. The van der Waals surface area contributed by atoms with Crippen molar-refractivity contribution in [1.29, 1.82) is 0 Å². The Labute approximate surface area is 132 Å². The molecule has 0 aliphatic heterocycles. The van der Waals surface area contributed by atoms with Gasteiger partial charge >= 0.3 is 5.97 Å². The lowest BCUT2D eigenvalue weighted by molar-refractivity contribution is -0.145. The van der Waals surface area contributed by atoms with Gasteiger partial charge in [-0.15, -0.1) is 0 Å². The van der Waals surface area contributed by atoms with Crippen LogP contribution in [-0.2, 0) is 9.53 Å². The molecule has 22 heavy (non-hydrogen) atoms. The van der Waals surface area contributed by atoms with E-state index in [4.69, 9.17) is 20.9 Å². The van der Waals surface area contributed by atoms with E-state index in [1.165, 1.54) is 6.07 Å². The highest BCUT2D eigenvalue weighted by atomic mass is 35.5. The lowest BCUT2D eigenvalue weighted by Crippen LogP contribution is -2.34. The maximum absolute atomic E-state index is 12.1. The monoisotopic (exact) mass is 322 g/mol. The van der Waals surface area contributed by atoms with Crippen molar-refractivity contribution in [1.82, 2.24) is 10.5 Å². The summed E-state index contributed by atoms with van der Waals surface area (Å²) in [5.41, 5.74) is 1.14. The molecule has 116 valence electrons. The van der Waals surface area contributed by atoms with Crippen LogP contribution in [0.25, 0.3) is 0 Å². The van der Waals surface area contributed by atoms with E-state index < -0.39 is 17.9 Å². The Morgan fingerprint density at radius 2 is 2.05 bits per heavy atom. The van der Waals surface area contributed by atoms with Gasteiger partial charge in [0.15, 0.2) is 6.04 Å². The summed E-state index contributed by atoms with van der Waals surface area (Å²) in [6.07, 6.45) is 0. The predicted molar refractivity (Wildman–Crippen MR) is 79.5 cm³/mol. The number of carbonyl (C=O) groups excluding carboxylic acids is 2. The summed E-state index contributed by atoms with van der Waals surface area (Å²) in [7, 11) is 0. The fourth-order valence-corrected chi connectivity index (χ4v) is 1.96. The molecule has 2 rings (SSSR count). The number of halogens is 1. The number of ether oxygens (including phenoxy) is 1. The molecule has 1 aromatic carbocycles. The van der Waals surface area contributed by atoms with Crippen molar-refractivity contribution in [2.75, 3.05) is 6.61 Å². The Morgan fingerprint density at radius 1 is 1.36 bits per heavy atom. The van der Waals surface area contributed by atoms with Crippen LogP contribution in [0.2, 0.25) is 5.02 Å². The minimum Gasteiger partial charge on any atom is -0.464 e. The van der Waals surface area contributed by atoms with Crippen molar-refractivity contribution >= 4 is 23.5 Å². The zero-order chi connectivity index (χ0) is 16.1. The number of aromatic nitrogens is 1. The third-order valence-corrected chi connectivity index (χ3v) is 3.10. The number of aryl methyl sites for hydroxylation is 1. The van der Waals surface area contributed by atoms with Crippen LogP contribution >= 0.6 is 11.6 Å². The van der Waals surface area contributed by atoms with Crippen LogP contribution in [0.3, 0.4) is 0 Å². The number of hydrogen-bond acceptors (Lipinski definition) is 5. The molecule has 0 saturated heterocycles. The third kappa shape index (κ3) is 3.85. The molecule has 1 aromatic heterocycles. The molecule has 0 aliphatic rings. The van der Waals surface area contributed by atoms with Crippen LogP contribution in [0.4, 0.5) is 0 Å². The first-order valence-electron chi connectivity index (χ1n) is 6.67. The van der Waals surface area contributed by atoms with Crippen molar-refractivity contribution in [2.45, 2.75) is 19.9 Å². The van der Waals surface area contributed by atoms with Crippen LogP contribution in [0.5, 0.6) is 0 Å². The Hall–Kier alpha value is -2.34. The first kappa shape index (κ1) is 16.0. The molecule has 1 heterocycles. The van der Waals surface area contributed by atoms with Gasteiger partial charge in [0, 0.05) is 11.1 Å². The van der Waals surface area contributed by atoms with Gasteiger partial charge in [-0.2, -0.15) is 0 Å². The first-order chi connectivity index (χ1) is 10.5. The Balaban J connectivity index is 2.22. The molecule has 2 aromatic rings. The van der Waals surface area contributed by atoms with Gasteiger partial charge < -0.3 is 14.6 Å². The van der Waals surface area contributed by atoms with E-state index in [-0.39, 0.29) is 12.4 Å². The van der Waals surface area contributed by atoms with Gasteiger partial charge in [-0.25, -0.2) is 4.79 Å². The Kier molecular flexibility index (Phi) is 5.16. The summed E-state index contributed by atoms with van der Waals surface area (Å²) in [4.78, 5) is 24.2. The Morgan fingerprint density at radius 3 is 2.59 bits per heavy atom. The molecule has 1 amide bonds. The summed E-state index contributed by atoms with van der Waals surface area (Å²) in [5.74, 6) is -1.08. The minimum atomic E-state index is -0.949. The van der Waals surface area contributed by atoms with Crippen molar-refractivity contribution in [3.05, 3.63) is 52.4 Å². The average Bonchev–Trinajstić information content (AvgIpc) is 2.92. The van der Waals surface area contributed by atoms with Crippen LogP contribution in [0, 0.1) is 6.92 Å². The zero-order valence-electron chi connectivity index (χ0n) is 12.1. The molecule has 0 spiro atoms. The van der Waals surface area contributed by atoms with E-state index in [1.807, 2.05) is 0 Å². The van der Waals surface area contributed by atoms with Gasteiger partial charge in [0.1, 0.15) is 0 Å². The molecule has 0 fully saturated rings. The maximum atomic E-state index is 12.1. The van der Waals surface area contributed by atoms with Crippen molar-refractivity contribution in [2.24, 2.45) is 0 Å². The summed E-state index contributed by atoms with van der Waals surface area (Å²) in [5, 5.41) is 6.75. The number of nitrogens with one attached hydrogen (secondary N) is 1. The van der Waals surface area contributed by atoms with Crippen LogP contribution in [0.15, 0.2) is 34.9 Å². The molecule has 1 atom stereocenters. The van der Waals surface area contributed by atoms with Gasteiger partial charge in [0.25, 0.3) is 5.91 Å². The SMILES string of the molecule is CCOC(=O)[C@H](NC(=O)c1cc(C)no1)c1ccc(Cl)cc1. The molecule has 0 saturated carbocycles. The van der Waals surface area contributed by atoms with Crippen LogP contribution in [-0.4, -0.2) is 23.6 Å². The highest BCUT2D eigenvalue weighted by molar-refractivity contribution is 6.30. The van der Waals surface area contributed by atoms with Crippen molar-refractivity contribution in [3.63, 3.8) is 0 Å². The van der Waals surface area contributed by atoms with E-state index in [1.54, 1.807) is 38.1 Å². The van der Waals surface area contributed by atoms with Gasteiger partial charge in [0.05, 0.1) is 12.3 Å². The lowest BCUT2D eigenvalue weighted by atomic mass is 10.1. The van der Waals surface area contributed by atoms with Gasteiger partial charge in [-0.05, 0) is 31.5 Å². The normalized spacial score (nSPS) is 11.8. The fourth-order valence-electron chi connectivity index (χ4n) is 1.83. The fraction of sp³-hybridized carbons (Fsp3) is 0.267. The van der Waals surface area contributed by atoms with Crippen molar-refractivity contribution in [3.8, 4) is 0 Å².